The number of urea groups is 1. The predicted molar refractivity (Wildman–Crippen MR) is 98.2 cm³/mol. The average Bonchev–Trinajstić information content (AvgIpc) is 2.53. The topological polar surface area (TPSA) is 32.3 Å². The van der Waals surface area contributed by atoms with E-state index < -0.39 is 0 Å². The van der Waals surface area contributed by atoms with E-state index in [9.17, 15) is 4.79 Å². The summed E-state index contributed by atoms with van der Waals surface area (Å²) in [4.78, 5) is 14.7. The molecule has 4 fully saturated rings. The maximum Gasteiger partial charge on any atom is 0.321 e. The minimum atomic E-state index is 0.0684. The molecule has 0 heterocycles. The molecular formula is C21H30N2O. The molecule has 0 aliphatic heterocycles. The average molecular weight is 326 g/mol. The largest absolute Gasteiger partial charge is 0.337 e. The number of rotatable bonds is 4. The van der Waals surface area contributed by atoms with E-state index in [0.717, 1.165) is 30.0 Å². The van der Waals surface area contributed by atoms with Gasteiger partial charge in [0.2, 0.25) is 0 Å². The van der Waals surface area contributed by atoms with Crippen LogP contribution in [-0.2, 0) is 0 Å². The van der Waals surface area contributed by atoms with Gasteiger partial charge in [-0.1, -0.05) is 12.1 Å². The van der Waals surface area contributed by atoms with Crippen molar-refractivity contribution in [3.05, 3.63) is 29.8 Å². The van der Waals surface area contributed by atoms with Crippen LogP contribution < -0.4 is 10.2 Å². The van der Waals surface area contributed by atoms with Crippen LogP contribution >= 0.6 is 0 Å². The molecule has 5 rings (SSSR count). The zero-order valence-corrected chi connectivity index (χ0v) is 15.1. The Balaban J connectivity index is 1.42. The van der Waals surface area contributed by atoms with E-state index in [2.05, 4.69) is 24.4 Å². The molecule has 3 heteroatoms. The Kier molecular flexibility index (Phi) is 4.06. The maximum atomic E-state index is 12.8. The standard InChI is InChI=1S/C21H30N2O/c1-3-23(19-6-4-5-15(2)7-19)20(24)22-14-21-11-16-8-17(12-21)10-18(9-16)13-21/h4-7,16-18H,3,8-14H2,1-2H3,(H,22,24). The Morgan fingerprint density at radius 1 is 1.17 bits per heavy atom. The zero-order chi connectivity index (χ0) is 16.7. The van der Waals surface area contributed by atoms with Crippen molar-refractivity contribution in [3.63, 3.8) is 0 Å². The number of benzene rings is 1. The van der Waals surface area contributed by atoms with Gasteiger partial charge in [-0.05, 0) is 93.2 Å². The van der Waals surface area contributed by atoms with Gasteiger partial charge in [0.05, 0.1) is 0 Å². The Labute approximate surface area is 145 Å². The van der Waals surface area contributed by atoms with E-state index in [0.29, 0.717) is 12.0 Å². The van der Waals surface area contributed by atoms with Crippen molar-refractivity contribution >= 4 is 11.7 Å². The number of aryl methyl sites for hydroxylation is 1. The highest BCUT2D eigenvalue weighted by atomic mass is 16.2. The van der Waals surface area contributed by atoms with Crippen molar-refractivity contribution in [3.8, 4) is 0 Å². The molecule has 1 aromatic carbocycles. The molecule has 0 unspecified atom stereocenters. The Morgan fingerprint density at radius 3 is 2.33 bits per heavy atom. The fourth-order valence-corrected chi connectivity index (χ4v) is 6.10. The second-order valence-electron chi connectivity index (χ2n) is 8.66. The van der Waals surface area contributed by atoms with Crippen LogP contribution in [0, 0.1) is 30.1 Å². The van der Waals surface area contributed by atoms with Crippen LogP contribution in [0.25, 0.3) is 0 Å². The molecule has 0 atom stereocenters. The summed E-state index contributed by atoms with van der Waals surface area (Å²) in [7, 11) is 0. The van der Waals surface area contributed by atoms with Gasteiger partial charge in [0.1, 0.15) is 0 Å². The zero-order valence-electron chi connectivity index (χ0n) is 15.1. The van der Waals surface area contributed by atoms with Gasteiger partial charge in [0, 0.05) is 18.8 Å². The smallest absolute Gasteiger partial charge is 0.321 e. The third-order valence-electron chi connectivity index (χ3n) is 6.65. The van der Waals surface area contributed by atoms with Crippen molar-refractivity contribution in [1.82, 2.24) is 5.32 Å². The first-order valence-electron chi connectivity index (χ1n) is 9.69. The number of hydrogen-bond acceptors (Lipinski definition) is 1. The van der Waals surface area contributed by atoms with Crippen molar-refractivity contribution in [2.45, 2.75) is 52.4 Å². The minimum absolute atomic E-state index is 0.0684. The lowest BCUT2D eigenvalue weighted by atomic mass is 9.49. The molecule has 0 saturated heterocycles. The summed E-state index contributed by atoms with van der Waals surface area (Å²) in [5, 5.41) is 3.30. The highest BCUT2D eigenvalue weighted by molar-refractivity contribution is 5.92. The fourth-order valence-electron chi connectivity index (χ4n) is 6.10. The minimum Gasteiger partial charge on any atom is -0.337 e. The molecule has 0 radical (unpaired) electrons. The summed E-state index contributed by atoms with van der Waals surface area (Å²) < 4.78 is 0. The van der Waals surface area contributed by atoms with Crippen molar-refractivity contribution in [1.29, 1.82) is 0 Å². The molecule has 130 valence electrons. The molecule has 24 heavy (non-hydrogen) atoms. The van der Waals surface area contributed by atoms with Crippen LogP contribution in [0.4, 0.5) is 10.5 Å². The summed E-state index contributed by atoms with van der Waals surface area (Å²) in [6, 6.07) is 8.29. The lowest BCUT2D eigenvalue weighted by Crippen LogP contribution is -2.52. The molecule has 4 bridgehead atoms. The number of carbonyl (C=O) groups is 1. The van der Waals surface area contributed by atoms with Crippen LogP contribution in [0.2, 0.25) is 0 Å². The molecule has 3 nitrogen and oxygen atoms in total. The highest BCUT2D eigenvalue weighted by Gasteiger charge is 2.50. The molecular weight excluding hydrogens is 296 g/mol. The van der Waals surface area contributed by atoms with Crippen molar-refractivity contribution < 1.29 is 4.79 Å². The van der Waals surface area contributed by atoms with E-state index in [-0.39, 0.29) is 6.03 Å². The number of nitrogens with one attached hydrogen (secondary N) is 1. The Bertz CT molecular complexity index is 589. The first kappa shape index (κ1) is 16.0. The third kappa shape index (κ3) is 2.94. The predicted octanol–water partition coefficient (Wildman–Crippen LogP) is 4.75. The van der Waals surface area contributed by atoms with Gasteiger partial charge in [-0.3, -0.25) is 4.90 Å². The third-order valence-corrected chi connectivity index (χ3v) is 6.65. The first-order chi connectivity index (χ1) is 11.6. The molecule has 0 spiro atoms. The van der Waals surface area contributed by atoms with Gasteiger partial charge < -0.3 is 5.32 Å². The van der Waals surface area contributed by atoms with Gasteiger partial charge in [-0.2, -0.15) is 0 Å². The van der Waals surface area contributed by atoms with E-state index in [1.54, 1.807) is 0 Å². The molecule has 4 saturated carbocycles. The van der Waals surface area contributed by atoms with Crippen molar-refractivity contribution in [2.75, 3.05) is 18.0 Å². The molecule has 4 aliphatic carbocycles. The summed E-state index contributed by atoms with van der Waals surface area (Å²) in [5.41, 5.74) is 2.59. The Hall–Kier alpha value is -1.51. The molecule has 1 aromatic rings. The number of nitrogens with zero attached hydrogens (tertiary/aromatic N) is 1. The highest BCUT2D eigenvalue weighted by Crippen LogP contribution is 2.59. The van der Waals surface area contributed by atoms with Crippen LogP contribution in [0.15, 0.2) is 24.3 Å². The van der Waals surface area contributed by atoms with E-state index in [1.807, 2.05) is 24.0 Å². The fraction of sp³-hybridized carbons (Fsp3) is 0.667. The molecule has 4 aliphatic rings. The van der Waals surface area contributed by atoms with Gasteiger partial charge in [-0.25, -0.2) is 4.79 Å². The van der Waals surface area contributed by atoms with Gasteiger partial charge in [0.25, 0.3) is 0 Å². The summed E-state index contributed by atoms with van der Waals surface area (Å²) in [6.07, 6.45) is 8.40. The number of anilines is 1. The van der Waals surface area contributed by atoms with E-state index in [1.165, 1.54) is 44.1 Å². The maximum absolute atomic E-state index is 12.8. The van der Waals surface area contributed by atoms with Gasteiger partial charge >= 0.3 is 6.03 Å². The molecule has 2 amide bonds. The summed E-state index contributed by atoms with van der Waals surface area (Å²) in [6.45, 7) is 5.70. The first-order valence-corrected chi connectivity index (χ1v) is 9.69. The normalized spacial score (nSPS) is 33.5. The summed E-state index contributed by atoms with van der Waals surface area (Å²) in [5.74, 6) is 2.81. The molecule has 1 N–H and O–H groups in total. The monoisotopic (exact) mass is 326 g/mol. The van der Waals surface area contributed by atoms with Gasteiger partial charge in [0.15, 0.2) is 0 Å². The number of carbonyl (C=O) groups excluding carboxylic acids is 1. The van der Waals surface area contributed by atoms with Crippen LogP contribution in [0.5, 0.6) is 0 Å². The van der Waals surface area contributed by atoms with Crippen LogP contribution in [-0.4, -0.2) is 19.1 Å². The second kappa shape index (κ2) is 6.09. The summed E-state index contributed by atoms with van der Waals surface area (Å²) >= 11 is 0. The lowest BCUT2D eigenvalue weighted by Gasteiger charge is -2.57. The second-order valence-corrected chi connectivity index (χ2v) is 8.66. The van der Waals surface area contributed by atoms with Gasteiger partial charge in [-0.15, -0.1) is 0 Å². The number of amides is 2. The Morgan fingerprint density at radius 2 is 1.79 bits per heavy atom. The van der Waals surface area contributed by atoms with Crippen LogP contribution in [0.1, 0.15) is 51.0 Å². The quantitative estimate of drug-likeness (QED) is 0.851. The number of hydrogen-bond donors (Lipinski definition) is 1. The lowest BCUT2D eigenvalue weighted by molar-refractivity contribution is -0.0497. The SMILES string of the molecule is CCN(C(=O)NCC12CC3CC(CC(C3)C1)C2)c1cccc(C)c1. The van der Waals surface area contributed by atoms with Crippen molar-refractivity contribution in [2.24, 2.45) is 23.2 Å². The molecule has 0 aromatic heterocycles. The van der Waals surface area contributed by atoms with E-state index >= 15 is 0 Å². The van der Waals surface area contributed by atoms with Crippen LogP contribution in [0.3, 0.4) is 0 Å². The van der Waals surface area contributed by atoms with E-state index in [4.69, 9.17) is 0 Å².